The molecule has 141 valence electrons. The van der Waals surface area contributed by atoms with Crippen LogP contribution in [0.4, 0.5) is 0 Å². The Balaban J connectivity index is 1.67. The van der Waals surface area contributed by atoms with Gasteiger partial charge in [0, 0.05) is 30.4 Å². The van der Waals surface area contributed by atoms with Gasteiger partial charge in [-0.3, -0.25) is 0 Å². The number of rotatable bonds is 4. The monoisotopic (exact) mass is 399 g/mol. The molecule has 3 nitrogen and oxygen atoms in total. The van der Waals surface area contributed by atoms with Gasteiger partial charge < -0.3 is 14.3 Å². The van der Waals surface area contributed by atoms with Gasteiger partial charge in [-0.1, -0.05) is 32.9 Å². The zero-order valence-electron chi connectivity index (χ0n) is 16.0. The summed E-state index contributed by atoms with van der Waals surface area (Å²) >= 11 is 3.91. The minimum absolute atomic E-state index is 0.00426. The normalized spacial score (nSPS) is 33.7. The van der Waals surface area contributed by atoms with Crippen LogP contribution in [0.15, 0.2) is 24.2 Å². The summed E-state index contributed by atoms with van der Waals surface area (Å²) in [6.07, 6.45) is 7.71. The molecule has 0 aromatic rings. The lowest BCUT2D eigenvalue weighted by molar-refractivity contribution is -0.0373. The molecule has 0 amide bonds. The fourth-order valence-electron chi connectivity index (χ4n) is 3.24. The van der Waals surface area contributed by atoms with E-state index < -0.39 is 8.32 Å². The molecule has 25 heavy (non-hydrogen) atoms. The summed E-state index contributed by atoms with van der Waals surface area (Å²) in [6, 6.07) is 0. The molecule has 1 aliphatic carbocycles. The number of hydrogen-bond acceptors (Lipinski definition) is 5. The first kappa shape index (κ1) is 19.7. The van der Waals surface area contributed by atoms with Crippen molar-refractivity contribution in [1.82, 2.24) is 0 Å². The first-order chi connectivity index (χ1) is 11.7. The Kier molecular flexibility index (Phi) is 5.93. The van der Waals surface area contributed by atoms with E-state index in [0.717, 1.165) is 0 Å². The highest BCUT2D eigenvalue weighted by atomic mass is 32.2. The smallest absolute Gasteiger partial charge is 0.273 e. The molecule has 3 rings (SSSR count). The van der Waals surface area contributed by atoms with Crippen LogP contribution in [0.2, 0.25) is 18.1 Å². The average Bonchev–Trinajstić information content (AvgIpc) is 2.95. The third-order valence-electron chi connectivity index (χ3n) is 5.87. The van der Waals surface area contributed by atoms with E-state index in [1.165, 1.54) is 22.5 Å². The third-order valence-corrected chi connectivity index (χ3v) is 13.2. The Morgan fingerprint density at radius 1 is 1.24 bits per heavy atom. The van der Waals surface area contributed by atoms with Gasteiger partial charge in [0.1, 0.15) is 6.10 Å². The van der Waals surface area contributed by atoms with Gasteiger partial charge in [0.05, 0.1) is 4.58 Å². The summed E-state index contributed by atoms with van der Waals surface area (Å²) in [6.45, 7) is 12.1. The van der Waals surface area contributed by atoms with E-state index in [-0.39, 0.29) is 28.9 Å². The topological polar surface area (TPSA) is 38.7 Å². The highest BCUT2D eigenvalue weighted by Crippen LogP contribution is 2.51. The van der Waals surface area contributed by atoms with Gasteiger partial charge in [-0.05, 0) is 36.1 Å². The maximum absolute atomic E-state index is 10.2. The number of aliphatic hydroxyl groups excluding tert-OH is 1. The van der Waals surface area contributed by atoms with Crippen molar-refractivity contribution in [2.45, 2.75) is 51.4 Å². The van der Waals surface area contributed by atoms with E-state index in [1.54, 1.807) is 0 Å². The highest BCUT2D eigenvalue weighted by Gasteiger charge is 2.46. The van der Waals surface area contributed by atoms with Crippen LogP contribution in [0.5, 0.6) is 0 Å². The van der Waals surface area contributed by atoms with Gasteiger partial charge >= 0.3 is 0 Å². The second kappa shape index (κ2) is 7.53. The van der Waals surface area contributed by atoms with E-state index in [9.17, 15) is 5.11 Å². The van der Waals surface area contributed by atoms with Crippen LogP contribution in [-0.2, 0) is 9.16 Å². The molecule has 2 aliphatic heterocycles. The predicted molar refractivity (Wildman–Crippen MR) is 111 cm³/mol. The first-order valence-corrected chi connectivity index (χ1v) is 14.1. The molecule has 3 aliphatic rings. The molecule has 1 N–H and O–H groups in total. The van der Waals surface area contributed by atoms with E-state index in [2.05, 4.69) is 46.0 Å². The van der Waals surface area contributed by atoms with Crippen LogP contribution in [0.25, 0.3) is 0 Å². The quantitative estimate of drug-likeness (QED) is 0.493. The van der Waals surface area contributed by atoms with E-state index in [1.807, 2.05) is 29.6 Å². The fourth-order valence-corrected chi connectivity index (χ4v) is 7.12. The average molecular weight is 400 g/mol. The van der Waals surface area contributed by atoms with Gasteiger partial charge in [-0.15, -0.1) is 23.5 Å². The summed E-state index contributed by atoms with van der Waals surface area (Å²) in [5, 5.41) is 10.4. The first-order valence-electron chi connectivity index (χ1n) is 9.21. The molecule has 0 aromatic heterocycles. The van der Waals surface area contributed by atoms with Crippen molar-refractivity contribution in [3.8, 4) is 0 Å². The van der Waals surface area contributed by atoms with Gasteiger partial charge in [0.25, 0.3) is 5.95 Å². The molecule has 0 spiro atoms. The number of ether oxygens (including phenoxy) is 1. The highest BCUT2D eigenvalue weighted by molar-refractivity contribution is 8.21. The lowest BCUT2D eigenvalue weighted by atomic mass is 9.86. The minimum atomic E-state index is -1.78. The Morgan fingerprint density at radius 3 is 2.56 bits per heavy atom. The summed E-state index contributed by atoms with van der Waals surface area (Å²) in [5.41, 5.74) is 0. The van der Waals surface area contributed by atoms with Crippen LogP contribution in [0.3, 0.4) is 0 Å². The summed E-state index contributed by atoms with van der Waals surface area (Å²) in [5.74, 6) is 3.27. The van der Waals surface area contributed by atoms with Gasteiger partial charge in [0.15, 0.2) is 8.32 Å². The van der Waals surface area contributed by atoms with Crippen molar-refractivity contribution in [2.75, 3.05) is 18.1 Å². The van der Waals surface area contributed by atoms with Gasteiger partial charge in [-0.2, -0.15) is 0 Å². The Hall–Kier alpha value is -0.0431. The molecule has 0 aromatic carbocycles. The lowest BCUT2D eigenvalue weighted by Crippen LogP contribution is -2.44. The van der Waals surface area contributed by atoms with Gasteiger partial charge in [0.2, 0.25) is 0 Å². The standard InChI is InChI=1S/C19H31O3S2Si/c1-19(2,3)25(4,5)21-12-13-7-8-14-15(11-16(20)22-17(13)14)18-23-9-6-10-24-18/h7-8,11,13-15,17,20H,6,9-10,12H2,1-5H3/t13-,14+,15+,17+/m1/s1. The molecule has 2 heterocycles. The summed E-state index contributed by atoms with van der Waals surface area (Å²) in [7, 11) is -1.78. The lowest BCUT2D eigenvalue weighted by Gasteiger charge is -2.40. The van der Waals surface area contributed by atoms with Crippen LogP contribution < -0.4 is 0 Å². The largest absolute Gasteiger partial charge is 0.481 e. The minimum Gasteiger partial charge on any atom is -0.481 e. The van der Waals surface area contributed by atoms with Crippen molar-refractivity contribution >= 4 is 31.8 Å². The van der Waals surface area contributed by atoms with Crippen LogP contribution >= 0.6 is 23.5 Å². The SMILES string of the molecule is CC(C)(C)[Si](C)(C)OC[C@H]1C=C[C@@H]2[C@H]1OC(O)=C[C@@H]2[C]1SCCCS1. The van der Waals surface area contributed by atoms with Crippen molar-refractivity contribution in [1.29, 1.82) is 0 Å². The molecule has 4 atom stereocenters. The third kappa shape index (κ3) is 4.28. The summed E-state index contributed by atoms with van der Waals surface area (Å²) < 4.78 is 13.7. The van der Waals surface area contributed by atoms with Crippen molar-refractivity contribution in [3.05, 3.63) is 28.8 Å². The Bertz CT molecular complexity index is 535. The van der Waals surface area contributed by atoms with Crippen molar-refractivity contribution in [3.63, 3.8) is 0 Å². The predicted octanol–water partition coefficient (Wildman–Crippen LogP) is 5.58. The molecule has 1 saturated heterocycles. The van der Waals surface area contributed by atoms with E-state index in [4.69, 9.17) is 9.16 Å². The molecule has 0 saturated carbocycles. The van der Waals surface area contributed by atoms with E-state index >= 15 is 0 Å². The molecule has 6 heteroatoms. The second-order valence-electron chi connectivity index (χ2n) is 8.68. The van der Waals surface area contributed by atoms with Crippen molar-refractivity contribution in [2.24, 2.45) is 17.8 Å². The van der Waals surface area contributed by atoms with Crippen molar-refractivity contribution < 1.29 is 14.3 Å². The molecular weight excluding hydrogens is 368 g/mol. The van der Waals surface area contributed by atoms with Crippen LogP contribution in [0.1, 0.15) is 27.2 Å². The van der Waals surface area contributed by atoms with E-state index in [0.29, 0.717) is 12.5 Å². The zero-order valence-corrected chi connectivity index (χ0v) is 18.6. The number of thioether (sulfide) groups is 2. The number of aliphatic hydroxyl groups is 1. The number of allylic oxidation sites excluding steroid dienone is 1. The maximum Gasteiger partial charge on any atom is 0.273 e. The zero-order chi connectivity index (χ0) is 18.2. The Labute approximate surface area is 162 Å². The second-order valence-corrected chi connectivity index (χ2v) is 16.0. The summed E-state index contributed by atoms with van der Waals surface area (Å²) in [4.78, 5) is 0. The molecular formula is C19H31O3S2Si. The van der Waals surface area contributed by atoms with Gasteiger partial charge in [-0.25, -0.2) is 0 Å². The fraction of sp³-hybridized carbons (Fsp3) is 0.737. The van der Waals surface area contributed by atoms with Crippen LogP contribution in [0, 0.1) is 22.3 Å². The number of fused-ring (bicyclic) bond motifs is 1. The molecule has 0 bridgehead atoms. The maximum atomic E-state index is 10.2. The molecule has 1 fully saturated rings. The molecule has 0 unspecified atom stereocenters. The van der Waals surface area contributed by atoms with Crippen LogP contribution in [-0.4, -0.2) is 37.6 Å². The molecule has 1 radical (unpaired) electrons. The number of hydrogen-bond donors (Lipinski definition) is 1. The Morgan fingerprint density at radius 2 is 1.92 bits per heavy atom.